The predicted molar refractivity (Wildman–Crippen MR) is 66.2 cm³/mol. The van der Waals surface area contributed by atoms with Gasteiger partial charge in [0.05, 0.1) is 19.6 Å². The Morgan fingerprint density at radius 1 is 1.39 bits per heavy atom. The van der Waals surface area contributed by atoms with E-state index in [0.717, 1.165) is 0 Å². The highest BCUT2D eigenvalue weighted by molar-refractivity contribution is 5.81. The molecule has 1 atom stereocenters. The van der Waals surface area contributed by atoms with Crippen LogP contribution in [-0.2, 0) is 14.3 Å². The maximum absolute atomic E-state index is 11.5. The van der Waals surface area contributed by atoms with Crippen molar-refractivity contribution in [3.63, 3.8) is 0 Å². The number of hydrogen-bond acceptors (Lipinski definition) is 6. The number of aliphatic hydroxyl groups excluding tert-OH is 2. The fourth-order valence-corrected chi connectivity index (χ4v) is 1.06. The van der Waals surface area contributed by atoms with Gasteiger partial charge in [-0.15, -0.1) is 0 Å². The third-order valence-electron chi connectivity index (χ3n) is 2.33. The van der Waals surface area contributed by atoms with Gasteiger partial charge in [0, 0.05) is 12.0 Å². The fourth-order valence-electron chi connectivity index (χ4n) is 1.06. The van der Waals surface area contributed by atoms with Gasteiger partial charge in [-0.1, -0.05) is 13.8 Å². The normalized spacial score (nSPS) is 12.3. The number of carbonyl (C=O) groups excluding carboxylic acids is 2. The van der Waals surface area contributed by atoms with Gasteiger partial charge < -0.3 is 26.4 Å². The zero-order chi connectivity index (χ0) is 13.5. The van der Waals surface area contributed by atoms with Crippen LogP contribution in [-0.4, -0.2) is 48.0 Å². The second-order valence-corrected chi connectivity index (χ2v) is 4.40. The molecule has 0 unspecified atom stereocenters. The van der Waals surface area contributed by atoms with Crippen LogP contribution in [0.2, 0.25) is 0 Å². The molecule has 18 heavy (non-hydrogen) atoms. The number of nitrogens with one attached hydrogen (secondary N) is 1. The molecule has 108 valence electrons. The summed E-state index contributed by atoms with van der Waals surface area (Å²) in [6.45, 7) is 4.94. The van der Waals surface area contributed by atoms with Gasteiger partial charge in [0.1, 0.15) is 6.10 Å². The lowest BCUT2D eigenvalue weighted by atomic mass is 9.87. The summed E-state index contributed by atoms with van der Waals surface area (Å²) in [6.07, 6.45) is -1.25. The average molecular weight is 264 g/mol. The fraction of sp³-hybridized carbons (Fsp3) is 0.818. The van der Waals surface area contributed by atoms with Crippen LogP contribution in [0.1, 0.15) is 27.2 Å². The van der Waals surface area contributed by atoms with E-state index in [4.69, 9.17) is 5.11 Å². The van der Waals surface area contributed by atoms with Crippen molar-refractivity contribution >= 4 is 11.9 Å². The van der Waals surface area contributed by atoms with Crippen molar-refractivity contribution < 1.29 is 24.5 Å². The molecule has 0 radical (unpaired) electrons. The molecule has 0 aromatic rings. The Labute approximate surface area is 107 Å². The van der Waals surface area contributed by atoms with Crippen molar-refractivity contribution in [2.24, 2.45) is 5.41 Å². The number of esters is 1. The van der Waals surface area contributed by atoms with Crippen molar-refractivity contribution in [1.82, 2.24) is 11.5 Å². The molecule has 7 nitrogen and oxygen atoms in total. The Morgan fingerprint density at radius 3 is 2.39 bits per heavy atom. The molecule has 0 bridgehead atoms. The number of carbonyl (C=O) groups is 2. The van der Waals surface area contributed by atoms with E-state index in [-0.39, 0.29) is 25.7 Å². The van der Waals surface area contributed by atoms with Crippen LogP contribution in [0.25, 0.3) is 0 Å². The largest absolute Gasteiger partial charge is 0.466 e. The zero-order valence-corrected chi connectivity index (χ0v) is 11.2. The highest BCUT2D eigenvalue weighted by Crippen LogP contribution is 2.19. The lowest BCUT2D eigenvalue weighted by Crippen LogP contribution is -2.46. The second-order valence-electron chi connectivity index (χ2n) is 4.40. The van der Waals surface area contributed by atoms with Gasteiger partial charge in [0.15, 0.2) is 0 Å². The molecule has 0 rings (SSSR count). The highest BCUT2D eigenvalue weighted by atomic mass is 16.5. The molecule has 0 aliphatic heterocycles. The standard InChI is InChI=1S/C11H21NO5.H3N/c1-4-17-8(14)5-6-12-10(16)9(15)11(2,3)7-13;/h9,13,15H,4-7H2,1-3H3,(H,12,16);1H3/t9-;/m0./s1. The minimum absolute atomic E-state index is 0. The van der Waals surface area contributed by atoms with Gasteiger partial charge in [-0.25, -0.2) is 0 Å². The molecular weight excluding hydrogens is 240 g/mol. The molecule has 0 aromatic heterocycles. The maximum atomic E-state index is 11.5. The van der Waals surface area contributed by atoms with Crippen LogP contribution >= 0.6 is 0 Å². The first-order chi connectivity index (χ1) is 7.85. The molecule has 0 aromatic carbocycles. The first-order valence-electron chi connectivity index (χ1n) is 5.57. The summed E-state index contributed by atoms with van der Waals surface area (Å²) < 4.78 is 4.68. The second kappa shape index (κ2) is 8.84. The first kappa shape index (κ1) is 19.2. The summed E-state index contributed by atoms with van der Waals surface area (Å²) in [5.74, 6) is -1.00. The average Bonchev–Trinajstić information content (AvgIpc) is 2.28. The summed E-state index contributed by atoms with van der Waals surface area (Å²) in [5, 5.41) is 21.0. The van der Waals surface area contributed by atoms with Crippen molar-refractivity contribution in [2.75, 3.05) is 19.8 Å². The minimum Gasteiger partial charge on any atom is -0.466 e. The summed E-state index contributed by atoms with van der Waals surface area (Å²) in [4.78, 5) is 22.4. The summed E-state index contributed by atoms with van der Waals surface area (Å²) in [7, 11) is 0. The van der Waals surface area contributed by atoms with Crippen molar-refractivity contribution in [3.8, 4) is 0 Å². The van der Waals surface area contributed by atoms with E-state index in [9.17, 15) is 14.7 Å². The van der Waals surface area contributed by atoms with E-state index in [1.807, 2.05) is 0 Å². The lowest BCUT2D eigenvalue weighted by molar-refractivity contribution is -0.143. The van der Waals surface area contributed by atoms with Gasteiger partial charge in [-0.05, 0) is 6.92 Å². The number of amides is 1. The first-order valence-corrected chi connectivity index (χ1v) is 5.57. The predicted octanol–water partition coefficient (Wildman–Crippen LogP) is -0.403. The minimum atomic E-state index is -1.31. The monoisotopic (exact) mass is 264 g/mol. The Bertz CT molecular complexity index is 268. The molecule has 0 spiro atoms. The third kappa shape index (κ3) is 6.53. The number of rotatable bonds is 7. The van der Waals surface area contributed by atoms with E-state index < -0.39 is 23.4 Å². The van der Waals surface area contributed by atoms with Crippen LogP contribution in [0.4, 0.5) is 0 Å². The van der Waals surface area contributed by atoms with Crippen molar-refractivity contribution in [2.45, 2.75) is 33.3 Å². The van der Waals surface area contributed by atoms with Gasteiger partial charge >= 0.3 is 5.97 Å². The lowest BCUT2D eigenvalue weighted by Gasteiger charge is -2.27. The van der Waals surface area contributed by atoms with Crippen molar-refractivity contribution in [1.29, 1.82) is 0 Å². The molecule has 0 aliphatic carbocycles. The number of aliphatic hydroxyl groups is 2. The molecule has 0 heterocycles. The summed E-state index contributed by atoms with van der Waals surface area (Å²) in [6, 6.07) is 0. The highest BCUT2D eigenvalue weighted by Gasteiger charge is 2.32. The van der Waals surface area contributed by atoms with Crippen LogP contribution in [0.15, 0.2) is 0 Å². The quantitative estimate of drug-likeness (QED) is 0.463. The van der Waals surface area contributed by atoms with E-state index in [1.54, 1.807) is 20.8 Å². The van der Waals surface area contributed by atoms with E-state index in [0.29, 0.717) is 6.61 Å². The van der Waals surface area contributed by atoms with Crippen LogP contribution in [0, 0.1) is 5.41 Å². The Balaban J connectivity index is 0. The Morgan fingerprint density at radius 2 is 1.94 bits per heavy atom. The molecular formula is C11H24N2O5. The van der Waals surface area contributed by atoms with Crippen LogP contribution in [0.5, 0.6) is 0 Å². The molecule has 6 N–H and O–H groups in total. The maximum Gasteiger partial charge on any atom is 0.307 e. The van der Waals surface area contributed by atoms with Crippen LogP contribution in [0.3, 0.4) is 0 Å². The van der Waals surface area contributed by atoms with E-state index >= 15 is 0 Å². The molecule has 7 heteroatoms. The van der Waals surface area contributed by atoms with Crippen molar-refractivity contribution in [3.05, 3.63) is 0 Å². The molecule has 0 aliphatic rings. The van der Waals surface area contributed by atoms with Gasteiger partial charge in [-0.3, -0.25) is 9.59 Å². The SMILES string of the molecule is CCOC(=O)CCNC(=O)[C@H](O)C(C)(C)CO.N. The molecule has 1 amide bonds. The van der Waals surface area contributed by atoms with Gasteiger partial charge in [0.2, 0.25) is 5.91 Å². The van der Waals surface area contributed by atoms with Gasteiger partial charge in [-0.2, -0.15) is 0 Å². The third-order valence-corrected chi connectivity index (χ3v) is 2.33. The smallest absolute Gasteiger partial charge is 0.307 e. The van der Waals surface area contributed by atoms with Gasteiger partial charge in [0.25, 0.3) is 0 Å². The Hall–Kier alpha value is -1.18. The van der Waals surface area contributed by atoms with E-state index in [1.165, 1.54) is 0 Å². The number of hydrogen-bond donors (Lipinski definition) is 4. The summed E-state index contributed by atoms with van der Waals surface area (Å²) in [5.41, 5.74) is -0.909. The van der Waals surface area contributed by atoms with E-state index in [2.05, 4.69) is 10.1 Å². The number of ether oxygens (including phenoxy) is 1. The zero-order valence-electron chi connectivity index (χ0n) is 11.2. The topological polar surface area (TPSA) is 131 Å². The Kier molecular flexibility index (Phi) is 9.42. The molecule has 0 saturated heterocycles. The van der Waals surface area contributed by atoms with Crippen LogP contribution < -0.4 is 11.5 Å². The summed E-state index contributed by atoms with van der Waals surface area (Å²) >= 11 is 0. The molecule has 0 saturated carbocycles. The molecule has 0 fully saturated rings.